The standard InChI is InChI=1S/C13H17ClFN/c1-9(2)6-7-11(16)8-10-4-3-5-12(14)13(10)15/h3-5,11H,1,6-8,16H2,2H3. The lowest BCUT2D eigenvalue weighted by atomic mass is 10.0. The first-order valence-electron chi connectivity index (χ1n) is 5.33. The summed E-state index contributed by atoms with van der Waals surface area (Å²) in [5.41, 5.74) is 7.61. The fourth-order valence-corrected chi connectivity index (χ4v) is 1.72. The Balaban J connectivity index is 2.59. The Morgan fingerprint density at radius 3 is 2.88 bits per heavy atom. The molecule has 0 aliphatic heterocycles. The number of nitrogens with two attached hydrogens (primary N) is 1. The zero-order chi connectivity index (χ0) is 12.1. The van der Waals surface area contributed by atoms with Crippen molar-refractivity contribution >= 4 is 11.6 Å². The largest absolute Gasteiger partial charge is 0.327 e. The van der Waals surface area contributed by atoms with E-state index < -0.39 is 0 Å². The fourth-order valence-electron chi connectivity index (χ4n) is 1.52. The third kappa shape index (κ3) is 3.95. The minimum Gasteiger partial charge on any atom is -0.327 e. The summed E-state index contributed by atoms with van der Waals surface area (Å²) in [5.74, 6) is -0.352. The summed E-state index contributed by atoms with van der Waals surface area (Å²) >= 11 is 5.69. The Bertz CT molecular complexity index is 376. The highest BCUT2D eigenvalue weighted by Crippen LogP contribution is 2.19. The molecule has 3 heteroatoms. The Morgan fingerprint density at radius 2 is 2.25 bits per heavy atom. The molecule has 0 heterocycles. The van der Waals surface area contributed by atoms with Crippen LogP contribution in [0.1, 0.15) is 25.3 Å². The number of hydrogen-bond donors (Lipinski definition) is 1. The van der Waals surface area contributed by atoms with Crippen molar-refractivity contribution < 1.29 is 4.39 Å². The van der Waals surface area contributed by atoms with Crippen molar-refractivity contribution in [2.45, 2.75) is 32.2 Å². The molecule has 0 bridgehead atoms. The minimum absolute atomic E-state index is 0.0512. The van der Waals surface area contributed by atoms with Gasteiger partial charge in [0.15, 0.2) is 0 Å². The van der Waals surface area contributed by atoms with Gasteiger partial charge in [-0.25, -0.2) is 4.39 Å². The van der Waals surface area contributed by atoms with Gasteiger partial charge < -0.3 is 5.73 Å². The lowest BCUT2D eigenvalue weighted by Gasteiger charge is -2.12. The molecular weight excluding hydrogens is 225 g/mol. The van der Waals surface area contributed by atoms with Crippen molar-refractivity contribution in [2.75, 3.05) is 0 Å². The highest BCUT2D eigenvalue weighted by atomic mass is 35.5. The molecule has 88 valence electrons. The van der Waals surface area contributed by atoms with Crippen LogP contribution < -0.4 is 5.73 Å². The van der Waals surface area contributed by atoms with Crippen LogP contribution in [0.3, 0.4) is 0 Å². The van der Waals surface area contributed by atoms with Crippen LogP contribution in [0.5, 0.6) is 0 Å². The normalized spacial score (nSPS) is 12.5. The van der Waals surface area contributed by atoms with Gasteiger partial charge in [0.25, 0.3) is 0 Å². The molecule has 1 aromatic rings. The van der Waals surface area contributed by atoms with E-state index in [4.69, 9.17) is 17.3 Å². The van der Waals surface area contributed by atoms with Crippen LogP contribution in [-0.2, 0) is 6.42 Å². The van der Waals surface area contributed by atoms with Gasteiger partial charge in [0.05, 0.1) is 5.02 Å². The van der Waals surface area contributed by atoms with Crippen LogP contribution in [0.25, 0.3) is 0 Å². The van der Waals surface area contributed by atoms with E-state index in [1.54, 1.807) is 18.2 Å². The maximum Gasteiger partial charge on any atom is 0.145 e. The predicted octanol–water partition coefficient (Wildman–Crippen LogP) is 3.71. The van der Waals surface area contributed by atoms with E-state index in [1.807, 2.05) is 6.92 Å². The van der Waals surface area contributed by atoms with Gasteiger partial charge in [-0.3, -0.25) is 0 Å². The van der Waals surface area contributed by atoms with Crippen molar-refractivity contribution in [3.63, 3.8) is 0 Å². The molecular formula is C13H17ClFN. The maximum absolute atomic E-state index is 13.6. The zero-order valence-electron chi connectivity index (χ0n) is 9.47. The van der Waals surface area contributed by atoms with Crippen molar-refractivity contribution in [1.82, 2.24) is 0 Å². The van der Waals surface area contributed by atoms with Crippen LogP contribution in [0.4, 0.5) is 4.39 Å². The highest BCUT2D eigenvalue weighted by molar-refractivity contribution is 6.30. The van der Waals surface area contributed by atoms with Gasteiger partial charge in [-0.15, -0.1) is 6.58 Å². The number of allylic oxidation sites excluding steroid dienone is 1. The molecule has 0 saturated carbocycles. The van der Waals surface area contributed by atoms with Crippen LogP contribution in [0.2, 0.25) is 5.02 Å². The molecule has 0 saturated heterocycles. The van der Waals surface area contributed by atoms with Gasteiger partial charge in [-0.2, -0.15) is 0 Å². The summed E-state index contributed by atoms with van der Waals surface area (Å²) in [6.07, 6.45) is 2.21. The lowest BCUT2D eigenvalue weighted by molar-refractivity contribution is 0.566. The molecule has 2 N–H and O–H groups in total. The first-order chi connectivity index (χ1) is 7.50. The summed E-state index contributed by atoms with van der Waals surface area (Å²) in [4.78, 5) is 0. The Labute approximate surface area is 101 Å². The molecule has 1 aromatic carbocycles. The minimum atomic E-state index is -0.352. The highest BCUT2D eigenvalue weighted by Gasteiger charge is 2.10. The summed E-state index contributed by atoms with van der Waals surface area (Å²) in [5, 5.41) is 0.157. The molecule has 0 aromatic heterocycles. The second kappa shape index (κ2) is 6.02. The third-order valence-electron chi connectivity index (χ3n) is 2.46. The van der Waals surface area contributed by atoms with Gasteiger partial charge >= 0.3 is 0 Å². The Kier molecular flexibility index (Phi) is 4.97. The van der Waals surface area contributed by atoms with Gasteiger partial charge in [0.1, 0.15) is 5.82 Å². The molecule has 1 atom stereocenters. The van der Waals surface area contributed by atoms with Crippen molar-refractivity contribution in [2.24, 2.45) is 5.73 Å². The lowest BCUT2D eigenvalue weighted by Crippen LogP contribution is -2.23. The van der Waals surface area contributed by atoms with Gasteiger partial charge in [-0.1, -0.05) is 29.3 Å². The topological polar surface area (TPSA) is 26.0 Å². The van der Waals surface area contributed by atoms with E-state index in [-0.39, 0.29) is 16.9 Å². The molecule has 0 fully saturated rings. The molecule has 16 heavy (non-hydrogen) atoms. The van der Waals surface area contributed by atoms with Crippen molar-refractivity contribution in [1.29, 1.82) is 0 Å². The quantitative estimate of drug-likeness (QED) is 0.782. The molecule has 0 spiro atoms. The van der Waals surface area contributed by atoms with Crippen LogP contribution in [0.15, 0.2) is 30.4 Å². The molecule has 1 nitrogen and oxygen atoms in total. The second-order valence-corrected chi connectivity index (χ2v) is 4.58. The van der Waals surface area contributed by atoms with Crippen LogP contribution in [0, 0.1) is 5.82 Å². The number of hydrogen-bond acceptors (Lipinski definition) is 1. The monoisotopic (exact) mass is 241 g/mol. The van der Waals surface area contributed by atoms with Gasteiger partial charge in [-0.05, 0) is 37.8 Å². The van der Waals surface area contributed by atoms with E-state index in [0.29, 0.717) is 12.0 Å². The molecule has 0 amide bonds. The Hall–Kier alpha value is -0.860. The average molecular weight is 242 g/mol. The van der Waals surface area contributed by atoms with Gasteiger partial charge in [0.2, 0.25) is 0 Å². The first kappa shape index (κ1) is 13.2. The second-order valence-electron chi connectivity index (χ2n) is 4.17. The maximum atomic E-state index is 13.6. The Morgan fingerprint density at radius 1 is 1.56 bits per heavy atom. The molecule has 0 aliphatic rings. The molecule has 0 aliphatic carbocycles. The first-order valence-corrected chi connectivity index (χ1v) is 5.71. The predicted molar refractivity (Wildman–Crippen MR) is 67.1 cm³/mol. The molecule has 1 unspecified atom stereocenters. The number of benzene rings is 1. The van der Waals surface area contributed by atoms with Crippen molar-refractivity contribution in [3.05, 3.63) is 46.8 Å². The number of halogens is 2. The summed E-state index contributed by atoms with van der Waals surface area (Å²) in [6, 6.07) is 4.96. The van der Waals surface area contributed by atoms with E-state index in [9.17, 15) is 4.39 Å². The zero-order valence-corrected chi connectivity index (χ0v) is 10.2. The summed E-state index contributed by atoms with van der Waals surface area (Å²) in [6.45, 7) is 5.78. The average Bonchev–Trinajstić information content (AvgIpc) is 2.22. The van der Waals surface area contributed by atoms with E-state index >= 15 is 0 Å². The smallest absolute Gasteiger partial charge is 0.145 e. The van der Waals surface area contributed by atoms with E-state index in [2.05, 4.69) is 6.58 Å². The summed E-state index contributed by atoms with van der Waals surface area (Å²) in [7, 11) is 0. The molecule has 1 rings (SSSR count). The van der Waals surface area contributed by atoms with E-state index in [0.717, 1.165) is 18.4 Å². The molecule has 0 radical (unpaired) electrons. The number of rotatable bonds is 5. The van der Waals surface area contributed by atoms with Crippen LogP contribution >= 0.6 is 11.6 Å². The van der Waals surface area contributed by atoms with Crippen LogP contribution in [-0.4, -0.2) is 6.04 Å². The summed E-state index contributed by atoms with van der Waals surface area (Å²) < 4.78 is 13.6. The third-order valence-corrected chi connectivity index (χ3v) is 2.75. The fraction of sp³-hybridized carbons (Fsp3) is 0.385. The van der Waals surface area contributed by atoms with Gasteiger partial charge in [0, 0.05) is 6.04 Å². The van der Waals surface area contributed by atoms with Crippen molar-refractivity contribution in [3.8, 4) is 0 Å². The SMILES string of the molecule is C=C(C)CCC(N)Cc1cccc(Cl)c1F. The van der Waals surface area contributed by atoms with E-state index in [1.165, 1.54) is 0 Å².